The Kier molecular flexibility index (Phi) is 8.43. The number of hydrogen-bond donors (Lipinski definition) is 2. The SMILES string of the molecule is COCCCN1CCOc2ccc(CO[C@H]3CNC[C@@H](O)[C@@H]3c3ccc(Oc4ccc5c(ccn5C)c4)cc3)cc21. The predicted octanol–water partition coefficient (Wildman–Crippen LogP) is 4.84. The summed E-state index contributed by atoms with van der Waals surface area (Å²) < 4.78 is 25.8. The van der Waals surface area contributed by atoms with Crippen LogP contribution in [-0.4, -0.2) is 68.4 Å². The Hall–Kier alpha value is -3.56. The molecule has 1 saturated heterocycles. The molecule has 3 atom stereocenters. The van der Waals surface area contributed by atoms with Crippen molar-refractivity contribution in [2.24, 2.45) is 7.05 Å². The molecule has 8 heteroatoms. The van der Waals surface area contributed by atoms with Crippen molar-refractivity contribution in [2.45, 2.75) is 31.2 Å². The number of β-amino-alcohol motifs (C(OH)–C–C–N with tert-alkyl or cyclic N) is 1. The van der Waals surface area contributed by atoms with E-state index in [4.69, 9.17) is 18.9 Å². The van der Waals surface area contributed by atoms with Crippen LogP contribution in [0.3, 0.4) is 0 Å². The van der Waals surface area contributed by atoms with Crippen molar-refractivity contribution in [1.82, 2.24) is 9.88 Å². The summed E-state index contributed by atoms with van der Waals surface area (Å²) in [4.78, 5) is 2.36. The van der Waals surface area contributed by atoms with Crippen molar-refractivity contribution >= 4 is 16.6 Å². The van der Waals surface area contributed by atoms with Crippen LogP contribution in [0, 0.1) is 0 Å². The van der Waals surface area contributed by atoms with Crippen LogP contribution < -0.4 is 19.7 Å². The van der Waals surface area contributed by atoms with Gasteiger partial charge in [-0.1, -0.05) is 18.2 Å². The fourth-order valence-corrected chi connectivity index (χ4v) is 5.94. The normalized spacial score (nSPS) is 20.6. The summed E-state index contributed by atoms with van der Waals surface area (Å²) >= 11 is 0. The van der Waals surface area contributed by atoms with Crippen LogP contribution in [0.15, 0.2) is 72.9 Å². The lowest BCUT2D eigenvalue weighted by atomic mass is 9.85. The number of nitrogens with zero attached hydrogens (tertiary/aromatic N) is 2. The van der Waals surface area contributed by atoms with Crippen LogP contribution in [0.4, 0.5) is 5.69 Å². The van der Waals surface area contributed by atoms with Gasteiger partial charge < -0.3 is 38.8 Å². The Morgan fingerprint density at radius 2 is 1.85 bits per heavy atom. The Morgan fingerprint density at radius 1 is 1.00 bits per heavy atom. The molecule has 8 nitrogen and oxygen atoms in total. The van der Waals surface area contributed by atoms with E-state index in [1.165, 1.54) is 5.52 Å². The zero-order chi connectivity index (χ0) is 28.2. The van der Waals surface area contributed by atoms with Gasteiger partial charge in [0.25, 0.3) is 0 Å². The highest BCUT2D eigenvalue weighted by atomic mass is 16.5. The van der Waals surface area contributed by atoms with Crippen molar-refractivity contribution in [3.05, 3.63) is 84.1 Å². The number of ether oxygens (including phenoxy) is 4. The number of anilines is 1. The molecule has 0 saturated carbocycles. The second kappa shape index (κ2) is 12.5. The zero-order valence-corrected chi connectivity index (χ0v) is 23.8. The summed E-state index contributed by atoms with van der Waals surface area (Å²) in [6.45, 7) is 4.89. The Morgan fingerprint density at radius 3 is 2.71 bits per heavy atom. The molecule has 0 bridgehead atoms. The number of aliphatic hydroxyl groups excluding tert-OH is 1. The molecule has 0 radical (unpaired) electrons. The van der Waals surface area contributed by atoms with Crippen molar-refractivity contribution in [3.63, 3.8) is 0 Å². The molecule has 0 amide bonds. The van der Waals surface area contributed by atoms with E-state index in [9.17, 15) is 5.11 Å². The highest BCUT2D eigenvalue weighted by molar-refractivity contribution is 5.81. The van der Waals surface area contributed by atoms with Crippen LogP contribution in [0.1, 0.15) is 23.5 Å². The monoisotopic (exact) mass is 557 g/mol. The third-order valence-electron chi connectivity index (χ3n) is 8.09. The average molecular weight is 558 g/mol. The first-order chi connectivity index (χ1) is 20.1. The third-order valence-corrected chi connectivity index (χ3v) is 8.09. The summed E-state index contributed by atoms with van der Waals surface area (Å²) in [6.07, 6.45) is 2.30. The van der Waals surface area contributed by atoms with E-state index in [-0.39, 0.29) is 12.0 Å². The average Bonchev–Trinajstić information content (AvgIpc) is 3.36. The zero-order valence-electron chi connectivity index (χ0n) is 23.8. The smallest absolute Gasteiger partial charge is 0.142 e. The fraction of sp³-hybridized carbons (Fsp3) is 0.394. The van der Waals surface area contributed by atoms with Crippen LogP contribution >= 0.6 is 0 Å². The van der Waals surface area contributed by atoms with E-state index in [0.717, 1.165) is 65.6 Å². The third kappa shape index (κ3) is 6.21. The number of piperidine rings is 1. The summed E-state index contributed by atoms with van der Waals surface area (Å²) in [6, 6.07) is 22.5. The first-order valence-corrected chi connectivity index (χ1v) is 14.4. The Bertz CT molecular complexity index is 1450. The number of aliphatic hydroxyl groups is 1. The summed E-state index contributed by atoms with van der Waals surface area (Å²) in [7, 11) is 3.77. The van der Waals surface area contributed by atoms with Gasteiger partial charge in [-0.3, -0.25) is 0 Å². The van der Waals surface area contributed by atoms with Crippen LogP contribution in [-0.2, 0) is 23.1 Å². The van der Waals surface area contributed by atoms with Gasteiger partial charge in [0.05, 0.1) is 31.0 Å². The van der Waals surface area contributed by atoms with Crippen LogP contribution in [0.2, 0.25) is 0 Å². The van der Waals surface area contributed by atoms with Gasteiger partial charge in [0, 0.05) is 63.4 Å². The molecule has 0 unspecified atom stereocenters. The molecule has 1 aromatic heterocycles. The topological polar surface area (TPSA) is 77.3 Å². The van der Waals surface area contributed by atoms with Gasteiger partial charge >= 0.3 is 0 Å². The van der Waals surface area contributed by atoms with E-state index in [1.54, 1.807) is 7.11 Å². The van der Waals surface area contributed by atoms with Crippen molar-refractivity contribution in [1.29, 1.82) is 0 Å². The molecule has 216 valence electrons. The molecule has 0 spiro atoms. The maximum atomic E-state index is 11.0. The minimum Gasteiger partial charge on any atom is -0.490 e. The lowest BCUT2D eigenvalue weighted by Gasteiger charge is -2.36. The molecule has 0 aliphatic carbocycles. The van der Waals surface area contributed by atoms with Gasteiger partial charge in [-0.05, 0) is 66.1 Å². The number of rotatable bonds is 10. The fourth-order valence-electron chi connectivity index (χ4n) is 5.94. The minimum atomic E-state index is -0.547. The van der Waals surface area contributed by atoms with Crippen molar-refractivity contribution in [2.75, 3.05) is 51.4 Å². The molecular weight excluding hydrogens is 518 g/mol. The molecule has 1 fully saturated rings. The van der Waals surface area contributed by atoms with E-state index in [2.05, 4.69) is 45.1 Å². The van der Waals surface area contributed by atoms with E-state index in [0.29, 0.717) is 26.3 Å². The molecule has 2 aliphatic heterocycles. The summed E-state index contributed by atoms with van der Waals surface area (Å²) in [5.74, 6) is 2.33. The number of nitrogens with one attached hydrogen (secondary N) is 1. The van der Waals surface area contributed by atoms with Crippen molar-refractivity contribution in [3.8, 4) is 17.2 Å². The second-order valence-corrected chi connectivity index (χ2v) is 10.9. The standard InChI is InChI=1S/C33H39N3O5/c1-35-14-12-25-19-27(9-10-28(25)35)41-26-7-5-24(6-8-26)33-30(37)20-34-21-32(33)40-22-23-4-11-31-29(18-23)36(15-17-39-31)13-3-16-38-2/h4-12,14,18-19,30,32-34,37H,3,13,15-17,20-22H2,1-2H3/t30-,32+,33+/m1/s1. The number of aryl methyl sites for hydroxylation is 1. The van der Waals surface area contributed by atoms with Gasteiger partial charge in [-0.15, -0.1) is 0 Å². The van der Waals surface area contributed by atoms with E-state index < -0.39 is 6.10 Å². The molecule has 2 N–H and O–H groups in total. The lowest BCUT2D eigenvalue weighted by Crippen LogP contribution is -2.49. The van der Waals surface area contributed by atoms with Crippen LogP contribution in [0.25, 0.3) is 10.9 Å². The number of benzene rings is 3. The molecule has 2 aliphatic rings. The minimum absolute atomic E-state index is 0.141. The predicted molar refractivity (Wildman–Crippen MR) is 160 cm³/mol. The maximum absolute atomic E-state index is 11.0. The highest BCUT2D eigenvalue weighted by Gasteiger charge is 2.34. The largest absolute Gasteiger partial charge is 0.490 e. The van der Waals surface area contributed by atoms with Gasteiger partial charge in [-0.25, -0.2) is 0 Å². The quantitative estimate of drug-likeness (QED) is 0.270. The second-order valence-electron chi connectivity index (χ2n) is 10.9. The van der Waals surface area contributed by atoms with Crippen molar-refractivity contribution < 1.29 is 24.1 Å². The molecule has 4 aromatic rings. The Balaban J connectivity index is 1.12. The van der Waals surface area contributed by atoms with E-state index >= 15 is 0 Å². The lowest BCUT2D eigenvalue weighted by molar-refractivity contribution is -0.0328. The molecule has 3 aromatic carbocycles. The first kappa shape index (κ1) is 27.6. The molecule has 6 rings (SSSR count). The maximum Gasteiger partial charge on any atom is 0.142 e. The summed E-state index contributed by atoms with van der Waals surface area (Å²) in [5.41, 5.74) is 4.40. The van der Waals surface area contributed by atoms with Gasteiger partial charge in [0.15, 0.2) is 0 Å². The number of fused-ring (bicyclic) bond motifs is 2. The number of aromatic nitrogens is 1. The molecule has 41 heavy (non-hydrogen) atoms. The molecule has 3 heterocycles. The first-order valence-electron chi connectivity index (χ1n) is 14.4. The van der Waals surface area contributed by atoms with Gasteiger partial charge in [0.2, 0.25) is 0 Å². The molecular formula is C33H39N3O5. The number of hydrogen-bond acceptors (Lipinski definition) is 7. The van der Waals surface area contributed by atoms with Gasteiger partial charge in [0.1, 0.15) is 23.9 Å². The summed E-state index contributed by atoms with van der Waals surface area (Å²) in [5, 5.41) is 15.5. The van der Waals surface area contributed by atoms with E-state index in [1.807, 2.05) is 49.6 Å². The Labute approximate surface area is 241 Å². The number of methoxy groups -OCH3 is 1. The van der Waals surface area contributed by atoms with Crippen LogP contribution in [0.5, 0.6) is 17.2 Å². The van der Waals surface area contributed by atoms with Gasteiger partial charge in [-0.2, -0.15) is 0 Å². The highest BCUT2D eigenvalue weighted by Crippen LogP contribution is 2.35.